The Morgan fingerprint density at radius 1 is 0.844 bits per heavy atom. The van der Waals surface area contributed by atoms with Crippen molar-refractivity contribution in [1.82, 2.24) is 19.7 Å². The third-order valence-corrected chi connectivity index (χ3v) is 9.04. The number of ether oxygens (including phenoxy) is 2. The predicted molar refractivity (Wildman–Crippen MR) is 171 cm³/mol. The number of hydrogen-bond acceptors (Lipinski definition) is 6. The first kappa shape index (κ1) is 31.4. The van der Waals surface area contributed by atoms with Crippen molar-refractivity contribution in [1.29, 1.82) is 0 Å². The zero-order chi connectivity index (χ0) is 31.6. The van der Waals surface area contributed by atoms with E-state index in [1.165, 1.54) is 28.8 Å². The average molecular weight is 622 g/mol. The Bertz CT molecular complexity index is 1620. The minimum atomic E-state index is -4.76. The van der Waals surface area contributed by atoms with Crippen molar-refractivity contribution in [3.05, 3.63) is 83.0 Å². The second-order valence-electron chi connectivity index (χ2n) is 12.3. The maximum absolute atomic E-state index is 12.9. The van der Waals surface area contributed by atoms with Crippen LogP contribution in [0.4, 0.5) is 13.2 Å². The van der Waals surface area contributed by atoms with E-state index in [1.54, 1.807) is 13.2 Å². The molecule has 2 aliphatic rings. The van der Waals surface area contributed by atoms with Gasteiger partial charge in [-0.15, -0.1) is 13.2 Å². The van der Waals surface area contributed by atoms with Gasteiger partial charge >= 0.3 is 6.36 Å². The van der Waals surface area contributed by atoms with Gasteiger partial charge in [0.15, 0.2) is 0 Å². The first-order valence-corrected chi connectivity index (χ1v) is 15.7. The van der Waals surface area contributed by atoms with Gasteiger partial charge in [-0.3, -0.25) is 9.80 Å². The van der Waals surface area contributed by atoms with E-state index < -0.39 is 6.36 Å². The molecule has 0 bridgehead atoms. The van der Waals surface area contributed by atoms with Gasteiger partial charge in [0.05, 0.1) is 7.11 Å². The summed E-state index contributed by atoms with van der Waals surface area (Å²) >= 11 is 0. The fourth-order valence-corrected chi connectivity index (χ4v) is 6.86. The van der Waals surface area contributed by atoms with Crippen LogP contribution in [0, 0.1) is 6.92 Å². The van der Waals surface area contributed by atoms with E-state index >= 15 is 0 Å². The zero-order valence-corrected chi connectivity index (χ0v) is 26.0. The minimum absolute atomic E-state index is 0.101. The first-order chi connectivity index (χ1) is 21.7. The van der Waals surface area contributed by atoms with E-state index in [-0.39, 0.29) is 12.3 Å². The molecule has 10 heteroatoms. The van der Waals surface area contributed by atoms with Gasteiger partial charge in [-0.05, 0) is 97.1 Å². The fourth-order valence-electron chi connectivity index (χ4n) is 6.86. The Kier molecular flexibility index (Phi) is 9.37. The number of halogens is 3. The summed E-state index contributed by atoms with van der Waals surface area (Å²) in [4.78, 5) is 4.98. The zero-order valence-electron chi connectivity index (χ0n) is 26.0. The Labute approximate surface area is 262 Å². The van der Waals surface area contributed by atoms with E-state index in [9.17, 15) is 13.2 Å². The van der Waals surface area contributed by atoms with Gasteiger partial charge in [0.25, 0.3) is 0 Å². The highest BCUT2D eigenvalue weighted by Gasteiger charge is 2.31. The van der Waals surface area contributed by atoms with E-state index in [0.29, 0.717) is 11.6 Å². The molecule has 240 valence electrons. The number of nitrogens with two attached hydrogens (primary N) is 1. The van der Waals surface area contributed by atoms with Crippen LogP contribution in [0.15, 0.2) is 60.8 Å². The van der Waals surface area contributed by atoms with Gasteiger partial charge < -0.3 is 25.1 Å². The van der Waals surface area contributed by atoms with Crippen LogP contribution in [-0.2, 0) is 19.6 Å². The molecule has 0 spiro atoms. The van der Waals surface area contributed by atoms with Crippen LogP contribution in [0.3, 0.4) is 0 Å². The molecule has 0 aliphatic carbocycles. The molecule has 6 rings (SSSR count). The Morgan fingerprint density at radius 3 is 2.22 bits per heavy atom. The molecule has 0 amide bonds. The molecule has 1 aromatic heterocycles. The number of piperazine rings is 1. The lowest BCUT2D eigenvalue weighted by Gasteiger charge is -2.35. The van der Waals surface area contributed by atoms with Crippen LogP contribution >= 0.6 is 0 Å². The summed E-state index contributed by atoms with van der Waals surface area (Å²) in [5.41, 5.74) is 13.4. The topological polar surface area (TPSA) is 67.9 Å². The van der Waals surface area contributed by atoms with Gasteiger partial charge in [0, 0.05) is 74.5 Å². The molecular weight excluding hydrogens is 579 g/mol. The second kappa shape index (κ2) is 13.4. The molecule has 45 heavy (non-hydrogen) atoms. The summed E-state index contributed by atoms with van der Waals surface area (Å²) in [5.74, 6) is 0.645. The summed E-state index contributed by atoms with van der Waals surface area (Å²) in [6.07, 6.45) is -0.547. The third-order valence-electron chi connectivity index (χ3n) is 9.04. The molecule has 3 heterocycles. The molecule has 2 fully saturated rings. The van der Waals surface area contributed by atoms with Gasteiger partial charge in [-0.25, -0.2) is 0 Å². The molecule has 7 nitrogen and oxygen atoms in total. The standard InChI is InChI=1S/C35H42F3N5O2/c1-24-15-26(17-30(16-24)44-2)22-42-13-11-41(12-14-42)21-25-3-6-34-32(18-25)33(23-43(34)28-7-9-40-10-8-28)31-5-4-29(19-27(31)20-39)45-35(36,37)38/h3-6,15-19,23,28,40H,7-14,20-22,39H2,1-2H3. The van der Waals surface area contributed by atoms with Gasteiger partial charge in [-0.2, -0.15) is 0 Å². The Morgan fingerprint density at radius 2 is 1.56 bits per heavy atom. The average Bonchev–Trinajstić information content (AvgIpc) is 3.40. The highest BCUT2D eigenvalue weighted by atomic mass is 19.4. The molecule has 2 saturated heterocycles. The molecule has 3 N–H and O–H groups in total. The van der Waals surface area contributed by atoms with Crippen LogP contribution in [0.2, 0.25) is 0 Å². The van der Waals surface area contributed by atoms with Gasteiger partial charge in [0.2, 0.25) is 0 Å². The fraction of sp³-hybridized carbons (Fsp3) is 0.429. The van der Waals surface area contributed by atoms with E-state index in [0.717, 1.165) is 93.0 Å². The molecule has 2 aliphatic heterocycles. The van der Waals surface area contributed by atoms with Crippen molar-refractivity contribution < 1.29 is 22.6 Å². The molecule has 0 radical (unpaired) electrons. The normalized spacial score (nSPS) is 17.2. The summed E-state index contributed by atoms with van der Waals surface area (Å²) in [5, 5.41) is 4.54. The molecule has 0 saturated carbocycles. The van der Waals surface area contributed by atoms with Crippen molar-refractivity contribution in [3.63, 3.8) is 0 Å². The molecule has 4 aromatic rings. The van der Waals surface area contributed by atoms with Crippen molar-refractivity contribution in [2.24, 2.45) is 5.73 Å². The number of benzene rings is 3. The number of methoxy groups -OCH3 is 1. The highest BCUT2D eigenvalue weighted by Crippen LogP contribution is 2.38. The molecular formula is C35H42F3N5O2. The molecule has 3 aromatic carbocycles. The lowest BCUT2D eigenvalue weighted by molar-refractivity contribution is -0.274. The number of alkyl halides is 3. The lowest BCUT2D eigenvalue weighted by atomic mass is 9.98. The van der Waals surface area contributed by atoms with Crippen molar-refractivity contribution in [3.8, 4) is 22.6 Å². The number of rotatable bonds is 9. The number of fused-ring (bicyclic) bond motifs is 1. The highest BCUT2D eigenvalue weighted by molar-refractivity contribution is 5.97. The van der Waals surface area contributed by atoms with Crippen molar-refractivity contribution in [2.75, 3.05) is 46.4 Å². The molecule has 0 unspecified atom stereocenters. The van der Waals surface area contributed by atoms with Crippen LogP contribution < -0.4 is 20.5 Å². The maximum Gasteiger partial charge on any atom is 0.573 e. The quantitative estimate of drug-likeness (QED) is 0.231. The van der Waals surface area contributed by atoms with Crippen LogP contribution in [0.1, 0.15) is 41.1 Å². The molecule has 0 atom stereocenters. The maximum atomic E-state index is 12.9. The second-order valence-corrected chi connectivity index (χ2v) is 12.3. The number of nitrogens with one attached hydrogen (secondary N) is 1. The van der Waals surface area contributed by atoms with E-state index in [1.807, 2.05) is 0 Å². The number of aromatic nitrogens is 1. The monoisotopic (exact) mass is 621 g/mol. The predicted octanol–water partition coefficient (Wildman–Crippen LogP) is 6.22. The Hall–Kier alpha value is -3.57. The van der Waals surface area contributed by atoms with Gasteiger partial charge in [0.1, 0.15) is 11.5 Å². The van der Waals surface area contributed by atoms with E-state index in [2.05, 4.69) is 73.9 Å². The van der Waals surface area contributed by atoms with E-state index in [4.69, 9.17) is 10.5 Å². The summed E-state index contributed by atoms with van der Waals surface area (Å²) in [6.45, 7) is 9.78. The SMILES string of the molecule is COc1cc(C)cc(CN2CCN(Cc3ccc4c(c3)c(-c3ccc(OC(F)(F)F)cc3CN)cn4C3CCNCC3)CC2)c1. The van der Waals surface area contributed by atoms with Gasteiger partial charge in [-0.1, -0.05) is 18.2 Å². The largest absolute Gasteiger partial charge is 0.573 e. The lowest BCUT2D eigenvalue weighted by Crippen LogP contribution is -2.45. The van der Waals surface area contributed by atoms with Crippen LogP contribution in [0.5, 0.6) is 11.5 Å². The van der Waals surface area contributed by atoms with Crippen LogP contribution in [-0.4, -0.2) is 67.1 Å². The van der Waals surface area contributed by atoms with Crippen molar-refractivity contribution >= 4 is 10.9 Å². The van der Waals surface area contributed by atoms with Crippen molar-refractivity contribution in [2.45, 2.75) is 51.8 Å². The third kappa shape index (κ3) is 7.47. The first-order valence-electron chi connectivity index (χ1n) is 15.7. The number of piperidine rings is 1. The number of aryl methyl sites for hydroxylation is 1. The summed E-state index contributed by atoms with van der Waals surface area (Å²) in [7, 11) is 1.71. The number of nitrogens with zero attached hydrogens (tertiary/aromatic N) is 3. The Balaban J connectivity index is 1.24. The van der Waals surface area contributed by atoms with Crippen LogP contribution in [0.25, 0.3) is 22.0 Å². The minimum Gasteiger partial charge on any atom is -0.497 e. The smallest absolute Gasteiger partial charge is 0.497 e. The summed E-state index contributed by atoms with van der Waals surface area (Å²) < 4.78 is 50.9. The summed E-state index contributed by atoms with van der Waals surface area (Å²) in [6, 6.07) is 17.9. The number of hydrogen-bond donors (Lipinski definition) is 2.